The van der Waals surface area contributed by atoms with Crippen LogP contribution in [0.4, 0.5) is 11.6 Å². The van der Waals surface area contributed by atoms with Crippen LogP contribution < -0.4 is 10.1 Å². The number of benzene rings is 2. The topological polar surface area (TPSA) is 49.9 Å². The van der Waals surface area contributed by atoms with E-state index in [4.69, 9.17) is 4.74 Å². The van der Waals surface area contributed by atoms with Crippen LogP contribution in [-0.2, 0) is 0 Å². The second kappa shape index (κ2) is 4.65. The molecule has 1 heterocycles. The maximum absolute atomic E-state index is 5.19. The minimum Gasteiger partial charge on any atom is -0.497 e. The van der Waals surface area contributed by atoms with Crippen molar-refractivity contribution in [3.8, 4) is 5.75 Å². The molecule has 96 valence electrons. The van der Waals surface area contributed by atoms with Crippen molar-refractivity contribution < 1.29 is 4.74 Å². The number of aryl methyl sites for hydroxylation is 1. The van der Waals surface area contributed by atoms with Crippen molar-refractivity contribution >= 4 is 22.7 Å². The van der Waals surface area contributed by atoms with Gasteiger partial charge >= 0.3 is 0 Å². The molecule has 0 spiro atoms. The predicted octanol–water partition coefficient (Wildman–Crippen LogP) is 3.62. The lowest BCUT2D eigenvalue weighted by atomic mass is 10.2. The zero-order valence-corrected chi connectivity index (χ0v) is 10.9. The van der Waals surface area contributed by atoms with Gasteiger partial charge in [0.15, 0.2) is 0 Å². The van der Waals surface area contributed by atoms with Gasteiger partial charge < -0.3 is 15.0 Å². The summed E-state index contributed by atoms with van der Waals surface area (Å²) in [6.45, 7) is 2.07. The number of aromatic nitrogens is 2. The van der Waals surface area contributed by atoms with Crippen LogP contribution >= 0.6 is 0 Å². The van der Waals surface area contributed by atoms with Crippen LogP contribution in [0, 0.1) is 6.92 Å². The van der Waals surface area contributed by atoms with Gasteiger partial charge in [-0.2, -0.15) is 0 Å². The summed E-state index contributed by atoms with van der Waals surface area (Å²) in [4.78, 5) is 7.71. The highest BCUT2D eigenvalue weighted by molar-refractivity contribution is 5.79. The van der Waals surface area contributed by atoms with Crippen LogP contribution in [-0.4, -0.2) is 17.1 Å². The van der Waals surface area contributed by atoms with Gasteiger partial charge in [-0.3, -0.25) is 0 Å². The van der Waals surface area contributed by atoms with Gasteiger partial charge in [0, 0.05) is 11.8 Å². The molecule has 0 saturated heterocycles. The van der Waals surface area contributed by atoms with Crippen molar-refractivity contribution in [1.29, 1.82) is 0 Å². The molecule has 0 bridgehead atoms. The summed E-state index contributed by atoms with van der Waals surface area (Å²) >= 11 is 0. The highest BCUT2D eigenvalue weighted by atomic mass is 16.5. The molecule has 0 unspecified atom stereocenters. The van der Waals surface area contributed by atoms with E-state index in [1.165, 1.54) is 5.56 Å². The first kappa shape index (κ1) is 11.6. The van der Waals surface area contributed by atoms with Crippen molar-refractivity contribution in [2.24, 2.45) is 0 Å². The van der Waals surface area contributed by atoms with Gasteiger partial charge in [-0.25, -0.2) is 4.98 Å². The van der Waals surface area contributed by atoms with E-state index in [1.54, 1.807) is 7.11 Å². The SMILES string of the molecule is COc1ccc2nc(Nc3ccc(C)cc3)[nH]c2c1. The summed E-state index contributed by atoms with van der Waals surface area (Å²) in [5.41, 5.74) is 4.11. The number of imidazole rings is 1. The quantitative estimate of drug-likeness (QED) is 0.749. The van der Waals surface area contributed by atoms with Crippen LogP contribution in [0.3, 0.4) is 0 Å². The van der Waals surface area contributed by atoms with Gasteiger partial charge in [0.2, 0.25) is 5.95 Å². The van der Waals surface area contributed by atoms with E-state index in [0.29, 0.717) is 0 Å². The summed E-state index contributed by atoms with van der Waals surface area (Å²) in [6.07, 6.45) is 0. The van der Waals surface area contributed by atoms with E-state index in [9.17, 15) is 0 Å². The summed E-state index contributed by atoms with van der Waals surface area (Å²) in [5, 5.41) is 3.25. The van der Waals surface area contributed by atoms with Gasteiger partial charge in [0.25, 0.3) is 0 Å². The Morgan fingerprint density at radius 1 is 1.11 bits per heavy atom. The fourth-order valence-electron chi connectivity index (χ4n) is 1.95. The Morgan fingerprint density at radius 2 is 1.89 bits per heavy atom. The van der Waals surface area contributed by atoms with Gasteiger partial charge in [-0.1, -0.05) is 17.7 Å². The molecular weight excluding hydrogens is 238 g/mol. The smallest absolute Gasteiger partial charge is 0.205 e. The number of hydrogen-bond acceptors (Lipinski definition) is 3. The Hall–Kier alpha value is -2.49. The van der Waals surface area contributed by atoms with Gasteiger partial charge in [0.05, 0.1) is 18.1 Å². The first-order valence-electron chi connectivity index (χ1n) is 6.12. The van der Waals surface area contributed by atoms with Crippen LogP contribution in [0.1, 0.15) is 5.56 Å². The van der Waals surface area contributed by atoms with Crippen LogP contribution in [0.2, 0.25) is 0 Å². The van der Waals surface area contributed by atoms with Crippen molar-refractivity contribution in [2.45, 2.75) is 6.92 Å². The molecule has 0 saturated carbocycles. The zero-order chi connectivity index (χ0) is 13.2. The summed E-state index contributed by atoms with van der Waals surface area (Å²) in [7, 11) is 1.66. The largest absolute Gasteiger partial charge is 0.497 e. The third-order valence-corrected chi connectivity index (χ3v) is 3.00. The molecule has 3 rings (SSSR count). The molecule has 4 nitrogen and oxygen atoms in total. The monoisotopic (exact) mass is 253 g/mol. The summed E-state index contributed by atoms with van der Waals surface area (Å²) < 4.78 is 5.19. The number of ether oxygens (including phenoxy) is 1. The van der Waals surface area contributed by atoms with Crippen molar-refractivity contribution in [2.75, 3.05) is 12.4 Å². The van der Waals surface area contributed by atoms with Gasteiger partial charge in [-0.05, 0) is 31.2 Å². The zero-order valence-electron chi connectivity index (χ0n) is 10.9. The standard InChI is InChI=1S/C15H15N3O/c1-10-3-5-11(6-4-10)16-15-17-13-8-7-12(19-2)9-14(13)18-15/h3-9H,1-2H3,(H2,16,17,18). The predicted molar refractivity (Wildman–Crippen MR) is 77.1 cm³/mol. The van der Waals surface area contributed by atoms with E-state index in [1.807, 2.05) is 30.3 Å². The van der Waals surface area contributed by atoms with Crippen LogP contribution in [0.25, 0.3) is 11.0 Å². The number of nitrogens with one attached hydrogen (secondary N) is 2. The Kier molecular flexibility index (Phi) is 2.83. The molecule has 4 heteroatoms. The molecule has 2 aromatic carbocycles. The molecule has 0 aliphatic carbocycles. The fourth-order valence-corrected chi connectivity index (χ4v) is 1.95. The minimum absolute atomic E-state index is 0.729. The summed E-state index contributed by atoms with van der Waals surface area (Å²) in [6, 6.07) is 14.0. The van der Waals surface area contributed by atoms with Crippen molar-refractivity contribution in [3.05, 3.63) is 48.0 Å². The molecule has 2 N–H and O–H groups in total. The number of methoxy groups -OCH3 is 1. The summed E-state index contributed by atoms with van der Waals surface area (Å²) in [5.74, 6) is 1.55. The number of hydrogen-bond donors (Lipinski definition) is 2. The lowest BCUT2D eigenvalue weighted by molar-refractivity contribution is 0.415. The molecular formula is C15H15N3O. The molecule has 0 fully saturated rings. The molecule has 0 radical (unpaired) electrons. The van der Waals surface area contributed by atoms with Gasteiger partial charge in [-0.15, -0.1) is 0 Å². The Balaban J connectivity index is 1.90. The number of rotatable bonds is 3. The Morgan fingerprint density at radius 3 is 2.63 bits per heavy atom. The highest BCUT2D eigenvalue weighted by Gasteiger charge is 2.04. The van der Waals surface area contributed by atoms with E-state index >= 15 is 0 Å². The number of aromatic amines is 1. The fraction of sp³-hybridized carbons (Fsp3) is 0.133. The molecule has 3 aromatic rings. The number of anilines is 2. The maximum Gasteiger partial charge on any atom is 0.205 e. The number of H-pyrrole nitrogens is 1. The van der Waals surface area contributed by atoms with E-state index < -0.39 is 0 Å². The average molecular weight is 253 g/mol. The first-order valence-corrected chi connectivity index (χ1v) is 6.12. The lowest BCUT2D eigenvalue weighted by Crippen LogP contribution is -1.91. The Labute approximate surface area is 111 Å². The van der Waals surface area contributed by atoms with Gasteiger partial charge in [0.1, 0.15) is 5.75 Å². The second-order valence-electron chi connectivity index (χ2n) is 4.46. The lowest BCUT2D eigenvalue weighted by Gasteiger charge is -2.02. The number of fused-ring (bicyclic) bond motifs is 1. The molecule has 0 atom stereocenters. The van der Waals surface area contributed by atoms with E-state index in [-0.39, 0.29) is 0 Å². The highest BCUT2D eigenvalue weighted by Crippen LogP contribution is 2.22. The van der Waals surface area contributed by atoms with Crippen LogP contribution in [0.15, 0.2) is 42.5 Å². The first-order chi connectivity index (χ1) is 9.24. The minimum atomic E-state index is 0.729. The molecule has 0 aliphatic heterocycles. The molecule has 19 heavy (non-hydrogen) atoms. The molecule has 0 aliphatic rings. The van der Waals surface area contributed by atoms with Crippen LogP contribution in [0.5, 0.6) is 5.75 Å². The molecule has 1 aromatic heterocycles. The second-order valence-corrected chi connectivity index (χ2v) is 4.46. The van der Waals surface area contributed by atoms with E-state index in [0.717, 1.165) is 28.4 Å². The Bertz CT molecular complexity index is 701. The van der Waals surface area contributed by atoms with Crippen molar-refractivity contribution in [1.82, 2.24) is 9.97 Å². The van der Waals surface area contributed by atoms with Crippen molar-refractivity contribution in [3.63, 3.8) is 0 Å². The molecule has 0 amide bonds. The third kappa shape index (κ3) is 2.38. The van der Waals surface area contributed by atoms with E-state index in [2.05, 4.69) is 34.3 Å². The third-order valence-electron chi connectivity index (χ3n) is 3.00. The normalized spacial score (nSPS) is 10.6. The number of nitrogens with zero attached hydrogens (tertiary/aromatic N) is 1. The average Bonchev–Trinajstić information content (AvgIpc) is 2.82. The maximum atomic E-state index is 5.19.